The Morgan fingerprint density at radius 3 is 2.68 bits per heavy atom. The Kier molecular flexibility index (Phi) is 3.37. The van der Waals surface area contributed by atoms with Crippen LogP contribution in [0, 0.1) is 9.39 Å². The van der Waals surface area contributed by atoms with Crippen LogP contribution in [0.5, 0.6) is 0 Å². The van der Waals surface area contributed by atoms with Gasteiger partial charge in [-0.1, -0.05) is 30.3 Å². The van der Waals surface area contributed by atoms with Crippen molar-refractivity contribution in [3.05, 3.63) is 63.5 Å². The van der Waals surface area contributed by atoms with Crippen molar-refractivity contribution in [3.8, 4) is 16.9 Å². The van der Waals surface area contributed by atoms with Crippen molar-refractivity contribution in [1.82, 2.24) is 9.78 Å². The van der Waals surface area contributed by atoms with Gasteiger partial charge in [-0.05, 0) is 47.2 Å². The molecule has 0 fully saturated rings. The van der Waals surface area contributed by atoms with Crippen molar-refractivity contribution in [3.63, 3.8) is 0 Å². The minimum Gasteiger partial charge on any atom is -0.369 e. The van der Waals surface area contributed by atoms with Gasteiger partial charge in [0.1, 0.15) is 17.3 Å². The minimum atomic E-state index is -0.268. The number of anilines is 1. The molecule has 2 heterocycles. The second-order valence-corrected chi connectivity index (χ2v) is 6.36. The fraction of sp³-hybridized carbons (Fsp3) is 0.118. The predicted molar refractivity (Wildman–Crippen MR) is 93.9 cm³/mol. The highest BCUT2D eigenvalue weighted by atomic mass is 127. The van der Waals surface area contributed by atoms with Gasteiger partial charge >= 0.3 is 0 Å². The Bertz CT molecular complexity index is 789. The van der Waals surface area contributed by atoms with E-state index >= 15 is 0 Å². The van der Waals surface area contributed by atoms with Gasteiger partial charge in [-0.2, -0.15) is 5.10 Å². The smallest absolute Gasteiger partial charge is 0.148 e. The first-order chi connectivity index (χ1) is 10.8. The molecule has 0 atom stereocenters. The number of nitrogens with one attached hydrogen (secondary N) is 1. The molecule has 4 rings (SSSR count). The van der Waals surface area contributed by atoms with E-state index in [0.717, 1.165) is 39.2 Å². The van der Waals surface area contributed by atoms with Gasteiger partial charge in [-0.3, -0.25) is 0 Å². The van der Waals surface area contributed by atoms with Crippen molar-refractivity contribution < 1.29 is 4.39 Å². The molecule has 0 unspecified atom stereocenters. The van der Waals surface area contributed by atoms with Crippen LogP contribution in [-0.4, -0.2) is 16.3 Å². The molecule has 0 saturated carbocycles. The molecule has 1 aromatic heterocycles. The van der Waals surface area contributed by atoms with Crippen LogP contribution >= 0.6 is 22.6 Å². The third kappa shape index (κ3) is 2.11. The van der Waals surface area contributed by atoms with E-state index in [4.69, 9.17) is 5.10 Å². The predicted octanol–water partition coefficient (Wildman–Crippen LogP) is 4.25. The zero-order valence-corrected chi connectivity index (χ0v) is 13.8. The molecule has 0 saturated heterocycles. The number of halogens is 2. The number of benzene rings is 2. The Hall–Kier alpha value is -1.89. The Balaban J connectivity index is 1.95. The Morgan fingerprint density at radius 1 is 1.09 bits per heavy atom. The number of para-hydroxylation sites is 1. The molecule has 0 amide bonds. The third-order valence-electron chi connectivity index (χ3n) is 3.86. The number of aromatic nitrogens is 2. The molecule has 2 aromatic carbocycles. The first-order valence-corrected chi connectivity index (χ1v) is 8.19. The lowest BCUT2D eigenvalue weighted by molar-refractivity contribution is 0.612. The fourth-order valence-electron chi connectivity index (χ4n) is 2.84. The Morgan fingerprint density at radius 2 is 1.86 bits per heavy atom. The van der Waals surface area contributed by atoms with Gasteiger partial charge in [0.2, 0.25) is 0 Å². The second kappa shape index (κ2) is 5.39. The molecule has 3 nitrogen and oxygen atoms in total. The lowest BCUT2D eigenvalue weighted by Crippen LogP contribution is -2.06. The molecule has 0 radical (unpaired) electrons. The molecule has 110 valence electrons. The summed E-state index contributed by atoms with van der Waals surface area (Å²) in [5.74, 6) is 0.635. The highest BCUT2D eigenvalue weighted by Gasteiger charge is 2.25. The van der Waals surface area contributed by atoms with E-state index in [1.54, 1.807) is 16.8 Å². The van der Waals surface area contributed by atoms with E-state index in [2.05, 4.69) is 40.0 Å². The molecule has 0 spiro atoms. The van der Waals surface area contributed by atoms with Crippen molar-refractivity contribution in [1.29, 1.82) is 0 Å². The van der Waals surface area contributed by atoms with Gasteiger partial charge in [-0.15, -0.1) is 0 Å². The zero-order chi connectivity index (χ0) is 15.1. The normalized spacial score (nSPS) is 13.0. The average Bonchev–Trinajstić information content (AvgIpc) is 3.11. The topological polar surface area (TPSA) is 29.9 Å². The second-order valence-electron chi connectivity index (χ2n) is 5.20. The van der Waals surface area contributed by atoms with Crippen LogP contribution in [0.4, 0.5) is 10.2 Å². The van der Waals surface area contributed by atoms with Gasteiger partial charge in [0.05, 0.1) is 5.69 Å². The molecular weight excluding hydrogens is 392 g/mol. The maximum absolute atomic E-state index is 14.1. The minimum absolute atomic E-state index is 0.268. The monoisotopic (exact) mass is 405 g/mol. The molecule has 5 heteroatoms. The van der Waals surface area contributed by atoms with Gasteiger partial charge in [0, 0.05) is 21.2 Å². The van der Waals surface area contributed by atoms with Gasteiger partial charge < -0.3 is 5.32 Å². The van der Waals surface area contributed by atoms with Gasteiger partial charge in [-0.25, -0.2) is 9.07 Å². The molecule has 0 bridgehead atoms. The summed E-state index contributed by atoms with van der Waals surface area (Å²) in [7, 11) is 0. The first kappa shape index (κ1) is 13.8. The molecule has 0 aliphatic carbocycles. The van der Waals surface area contributed by atoms with Crippen LogP contribution in [-0.2, 0) is 6.42 Å². The maximum Gasteiger partial charge on any atom is 0.148 e. The molecule has 1 aliphatic rings. The van der Waals surface area contributed by atoms with Crippen molar-refractivity contribution >= 4 is 28.4 Å². The quantitative estimate of drug-likeness (QED) is 0.647. The van der Waals surface area contributed by atoms with Gasteiger partial charge in [0.15, 0.2) is 0 Å². The average molecular weight is 405 g/mol. The van der Waals surface area contributed by atoms with E-state index < -0.39 is 0 Å². The maximum atomic E-state index is 14.1. The fourth-order valence-corrected chi connectivity index (χ4v) is 3.48. The Labute approximate surface area is 141 Å². The summed E-state index contributed by atoms with van der Waals surface area (Å²) in [6.07, 6.45) is 0.907. The number of hydrogen-bond acceptors (Lipinski definition) is 2. The van der Waals surface area contributed by atoms with Crippen LogP contribution in [0.2, 0.25) is 0 Å². The highest BCUT2D eigenvalue weighted by molar-refractivity contribution is 14.1. The molecule has 1 aliphatic heterocycles. The van der Waals surface area contributed by atoms with E-state index in [1.807, 2.05) is 18.2 Å². The largest absolute Gasteiger partial charge is 0.369 e. The summed E-state index contributed by atoms with van der Waals surface area (Å²) >= 11 is 2.32. The zero-order valence-electron chi connectivity index (χ0n) is 11.7. The number of fused-ring (bicyclic) bond motifs is 1. The molecule has 3 aromatic rings. The summed E-state index contributed by atoms with van der Waals surface area (Å²) in [5, 5.41) is 8.04. The van der Waals surface area contributed by atoms with Crippen LogP contribution in [0.25, 0.3) is 16.9 Å². The van der Waals surface area contributed by atoms with Crippen LogP contribution < -0.4 is 5.32 Å². The molecule has 22 heavy (non-hydrogen) atoms. The summed E-state index contributed by atoms with van der Waals surface area (Å²) < 4.78 is 17.0. The highest BCUT2D eigenvalue weighted by Crippen LogP contribution is 2.36. The summed E-state index contributed by atoms with van der Waals surface area (Å²) in [6, 6.07) is 14.9. The standard InChI is InChI=1S/C17H13FIN3/c18-13-6-2-4-8-15(13)22-17-12(9-10-20-17)16(21-22)11-5-1-3-7-14(11)19/h1-8,20H,9-10H2. The van der Waals surface area contributed by atoms with Crippen molar-refractivity contribution in [2.75, 3.05) is 11.9 Å². The first-order valence-electron chi connectivity index (χ1n) is 7.11. The van der Waals surface area contributed by atoms with Crippen molar-refractivity contribution in [2.24, 2.45) is 0 Å². The van der Waals surface area contributed by atoms with Gasteiger partial charge in [0.25, 0.3) is 0 Å². The number of nitrogens with zero attached hydrogens (tertiary/aromatic N) is 2. The summed E-state index contributed by atoms with van der Waals surface area (Å²) in [5.41, 5.74) is 3.67. The van der Waals surface area contributed by atoms with E-state index in [0.29, 0.717) is 5.69 Å². The number of rotatable bonds is 2. The summed E-state index contributed by atoms with van der Waals surface area (Å²) in [6.45, 7) is 0.859. The van der Waals surface area contributed by atoms with Crippen molar-refractivity contribution in [2.45, 2.75) is 6.42 Å². The van der Waals surface area contributed by atoms with E-state index in [-0.39, 0.29) is 5.82 Å². The molecule has 1 N–H and O–H groups in total. The SMILES string of the molecule is Fc1ccccc1-n1nc(-c2ccccc2I)c2c1NCC2. The lowest BCUT2D eigenvalue weighted by atomic mass is 10.1. The third-order valence-corrected chi connectivity index (χ3v) is 4.80. The van der Waals surface area contributed by atoms with Crippen LogP contribution in [0.15, 0.2) is 48.5 Å². The number of hydrogen-bond donors (Lipinski definition) is 1. The van der Waals surface area contributed by atoms with E-state index in [1.165, 1.54) is 6.07 Å². The van der Waals surface area contributed by atoms with Crippen LogP contribution in [0.1, 0.15) is 5.56 Å². The summed E-state index contributed by atoms with van der Waals surface area (Å²) in [4.78, 5) is 0. The molecular formula is C17H13FIN3. The van der Waals surface area contributed by atoms with Crippen LogP contribution in [0.3, 0.4) is 0 Å². The van der Waals surface area contributed by atoms with E-state index in [9.17, 15) is 4.39 Å². The lowest BCUT2D eigenvalue weighted by Gasteiger charge is -2.07.